The molecule has 0 aliphatic rings. The second kappa shape index (κ2) is 7.80. The maximum absolute atomic E-state index is 4.48. The van der Waals surface area contributed by atoms with E-state index in [0.717, 1.165) is 16.7 Å². The third-order valence-electron chi connectivity index (χ3n) is 4.52. The number of rotatable bonds is 5. The molecule has 3 nitrogen and oxygen atoms in total. The van der Waals surface area contributed by atoms with Crippen LogP contribution in [0.3, 0.4) is 0 Å². The Kier molecular flexibility index (Phi) is 5.07. The summed E-state index contributed by atoms with van der Waals surface area (Å²) in [6.45, 7) is 4.09. The van der Waals surface area contributed by atoms with Crippen LogP contribution in [-0.2, 0) is 0 Å². The average Bonchev–Trinajstić information content (AvgIpc) is 3.08. The Morgan fingerprint density at radius 2 is 1.26 bits per heavy atom. The van der Waals surface area contributed by atoms with E-state index in [4.69, 9.17) is 0 Å². The van der Waals surface area contributed by atoms with Gasteiger partial charge in [-0.25, -0.2) is 0 Å². The average molecular weight is 372 g/mol. The highest BCUT2D eigenvalue weighted by Crippen LogP contribution is 2.40. The Hall–Kier alpha value is -2.85. The molecule has 0 spiro atoms. The lowest BCUT2D eigenvalue weighted by Crippen LogP contribution is -2.02. The van der Waals surface area contributed by atoms with Crippen molar-refractivity contribution in [2.24, 2.45) is 0 Å². The number of benzene rings is 3. The molecule has 4 rings (SSSR count). The lowest BCUT2D eigenvalue weighted by Gasteiger charge is -2.18. The summed E-state index contributed by atoms with van der Waals surface area (Å²) in [6.07, 6.45) is 0. The minimum atomic E-state index is 0.153. The quantitative estimate of drug-likeness (QED) is 0.418. The van der Waals surface area contributed by atoms with Crippen molar-refractivity contribution in [2.75, 3.05) is 0 Å². The van der Waals surface area contributed by atoms with E-state index in [9.17, 15) is 0 Å². The van der Waals surface area contributed by atoms with E-state index in [2.05, 4.69) is 107 Å². The molecule has 4 heteroatoms. The van der Waals surface area contributed by atoms with Crippen molar-refractivity contribution in [1.82, 2.24) is 14.8 Å². The molecule has 0 atom stereocenters. The number of thioether (sulfide) groups is 1. The molecule has 4 aromatic rings. The van der Waals surface area contributed by atoms with Crippen LogP contribution >= 0.6 is 11.8 Å². The third-order valence-corrected chi connectivity index (χ3v) is 5.77. The zero-order valence-electron chi connectivity index (χ0n) is 15.4. The lowest BCUT2D eigenvalue weighted by molar-refractivity contribution is 0.864. The molecule has 0 saturated heterocycles. The maximum Gasteiger partial charge on any atom is 0.196 e. The first-order valence-corrected chi connectivity index (χ1v) is 9.86. The molecule has 0 aliphatic carbocycles. The summed E-state index contributed by atoms with van der Waals surface area (Å²) in [6, 6.07) is 29.6. The minimum absolute atomic E-state index is 0.153. The minimum Gasteiger partial charge on any atom is -0.274 e. The Morgan fingerprint density at radius 3 is 1.81 bits per heavy atom. The molecule has 0 aliphatic heterocycles. The van der Waals surface area contributed by atoms with Gasteiger partial charge in [0.05, 0.1) is 5.25 Å². The van der Waals surface area contributed by atoms with Crippen LogP contribution in [0.5, 0.6) is 0 Å². The van der Waals surface area contributed by atoms with Gasteiger partial charge in [-0.1, -0.05) is 90.1 Å². The standard InChI is InChI=1S/C23H21N3S/c1-17-13-15-21(16-14-17)26-18(2)24-25-23(26)27-22(19-9-5-3-6-10-19)20-11-7-4-8-12-20/h3-16,22H,1-2H3. The molecule has 0 amide bonds. The van der Waals surface area contributed by atoms with Crippen LogP contribution in [0, 0.1) is 13.8 Å². The van der Waals surface area contributed by atoms with E-state index in [1.807, 2.05) is 6.92 Å². The molecule has 0 saturated carbocycles. The number of hydrogen-bond acceptors (Lipinski definition) is 3. The van der Waals surface area contributed by atoms with Crippen molar-refractivity contribution in [3.8, 4) is 5.69 Å². The van der Waals surface area contributed by atoms with Gasteiger partial charge in [-0.3, -0.25) is 4.57 Å². The van der Waals surface area contributed by atoms with Gasteiger partial charge in [0.1, 0.15) is 5.82 Å². The van der Waals surface area contributed by atoms with Gasteiger partial charge in [-0.15, -0.1) is 10.2 Å². The van der Waals surface area contributed by atoms with Crippen LogP contribution in [0.4, 0.5) is 0 Å². The fourth-order valence-electron chi connectivity index (χ4n) is 3.10. The summed E-state index contributed by atoms with van der Waals surface area (Å²) >= 11 is 1.73. The Balaban J connectivity index is 1.76. The lowest BCUT2D eigenvalue weighted by atomic mass is 10.0. The number of hydrogen-bond donors (Lipinski definition) is 0. The van der Waals surface area contributed by atoms with Crippen LogP contribution in [-0.4, -0.2) is 14.8 Å². The SMILES string of the molecule is Cc1ccc(-n2c(C)nnc2SC(c2ccccc2)c2ccccc2)cc1. The normalized spacial score (nSPS) is 11.1. The summed E-state index contributed by atoms with van der Waals surface area (Å²) in [5, 5.41) is 9.88. The molecular formula is C23H21N3S. The van der Waals surface area contributed by atoms with Gasteiger partial charge in [0.25, 0.3) is 0 Å². The summed E-state index contributed by atoms with van der Waals surface area (Å²) in [5.41, 5.74) is 4.84. The predicted molar refractivity (Wildman–Crippen MR) is 111 cm³/mol. The zero-order chi connectivity index (χ0) is 18.6. The van der Waals surface area contributed by atoms with Crippen LogP contribution < -0.4 is 0 Å². The van der Waals surface area contributed by atoms with Crippen molar-refractivity contribution in [3.05, 3.63) is 107 Å². The first-order chi connectivity index (χ1) is 13.2. The summed E-state index contributed by atoms with van der Waals surface area (Å²) < 4.78 is 2.13. The number of aromatic nitrogens is 3. The molecule has 0 fully saturated rings. The molecule has 3 aromatic carbocycles. The van der Waals surface area contributed by atoms with E-state index in [0.29, 0.717) is 0 Å². The van der Waals surface area contributed by atoms with Crippen molar-refractivity contribution >= 4 is 11.8 Å². The van der Waals surface area contributed by atoms with Crippen LogP contribution in [0.25, 0.3) is 5.69 Å². The second-order valence-electron chi connectivity index (χ2n) is 6.52. The van der Waals surface area contributed by atoms with Crippen molar-refractivity contribution < 1.29 is 0 Å². The van der Waals surface area contributed by atoms with E-state index in [-0.39, 0.29) is 5.25 Å². The van der Waals surface area contributed by atoms with Crippen molar-refractivity contribution in [1.29, 1.82) is 0 Å². The van der Waals surface area contributed by atoms with Crippen LogP contribution in [0.1, 0.15) is 27.8 Å². The Labute approximate surface area is 164 Å². The summed E-state index contributed by atoms with van der Waals surface area (Å²) in [5.74, 6) is 0.890. The molecule has 0 radical (unpaired) electrons. The van der Waals surface area contributed by atoms with Crippen LogP contribution in [0.2, 0.25) is 0 Å². The molecule has 0 bridgehead atoms. The predicted octanol–water partition coefficient (Wildman–Crippen LogP) is 5.77. The molecule has 0 N–H and O–H groups in total. The molecule has 134 valence electrons. The number of aryl methyl sites for hydroxylation is 2. The highest BCUT2D eigenvalue weighted by Gasteiger charge is 2.20. The van der Waals surface area contributed by atoms with E-state index < -0.39 is 0 Å². The smallest absolute Gasteiger partial charge is 0.196 e. The molecule has 1 heterocycles. The second-order valence-corrected chi connectivity index (χ2v) is 7.59. The van der Waals surface area contributed by atoms with Gasteiger partial charge in [0, 0.05) is 5.69 Å². The Morgan fingerprint density at radius 1 is 0.704 bits per heavy atom. The van der Waals surface area contributed by atoms with Gasteiger partial charge in [0.2, 0.25) is 0 Å². The topological polar surface area (TPSA) is 30.7 Å². The Bertz CT molecular complexity index is 969. The largest absolute Gasteiger partial charge is 0.274 e. The third kappa shape index (κ3) is 3.81. The summed E-state index contributed by atoms with van der Waals surface area (Å²) in [7, 11) is 0. The maximum atomic E-state index is 4.48. The van der Waals surface area contributed by atoms with Gasteiger partial charge < -0.3 is 0 Å². The fourth-order valence-corrected chi connectivity index (χ4v) is 4.33. The zero-order valence-corrected chi connectivity index (χ0v) is 16.2. The van der Waals surface area contributed by atoms with Crippen molar-refractivity contribution in [2.45, 2.75) is 24.3 Å². The van der Waals surface area contributed by atoms with E-state index >= 15 is 0 Å². The first kappa shape index (κ1) is 17.6. The fraction of sp³-hybridized carbons (Fsp3) is 0.130. The van der Waals surface area contributed by atoms with Crippen LogP contribution in [0.15, 0.2) is 90.1 Å². The van der Waals surface area contributed by atoms with Gasteiger partial charge >= 0.3 is 0 Å². The molecule has 1 aromatic heterocycles. The first-order valence-electron chi connectivity index (χ1n) is 8.98. The van der Waals surface area contributed by atoms with Crippen molar-refractivity contribution in [3.63, 3.8) is 0 Å². The summed E-state index contributed by atoms with van der Waals surface area (Å²) in [4.78, 5) is 0. The van der Waals surface area contributed by atoms with E-state index in [1.165, 1.54) is 16.7 Å². The van der Waals surface area contributed by atoms with Gasteiger partial charge in [0.15, 0.2) is 5.16 Å². The van der Waals surface area contributed by atoms with Gasteiger partial charge in [-0.05, 0) is 37.1 Å². The molecular weight excluding hydrogens is 350 g/mol. The molecule has 27 heavy (non-hydrogen) atoms. The molecule has 0 unspecified atom stereocenters. The highest BCUT2D eigenvalue weighted by molar-refractivity contribution is 7.99. The van der Waals surface area contributed by atoms with Gasteiger partial charge in [-0.2, -0.15) is 0 Å². The number of nitrogens with zero attached hydrogens (tertiary/aromatic N) is 3. The highest BCUT2D eigenvalue weighted by atomic mass is 32.2. The van der Waals surface area contributed by atoms with E-state index in [1.54, 1.807) is 11.8 Å². The monoisotopic (exact) mass is 371 g/mol.